The molecule has 2 aromatic carbocycles. The second kappa shape index (κ2) is 9.69. The van der Waals surface area contributed by atoms with Crippen molar-refractivity contribution in [2.75, 3.05) is 11.4 Å². The lowest BCUT2D eigenvalue weighted by molar-refractivity contribution is -0.121. The molecule has 1 N–H and O–H groups in total. The van der Waals surface area contributed by atoms with E-state index in [2.05, 4.69) is 44.5 Å². The van der Waals surface area contributed by atoms with Crippen LogP contribution in [0.2, 0.25) is 0 Å². The summed E-state index contributed by atoms with van der Waals surface area (Å²) in [5, 5.41) is 2.96. The van der Waals surface area contributed by atoms with Gasteiger partial charge in [-0.05, 0) is 29.2 Å². The Morgan fingerprint density at radius 2 is 1.76 bits per heavy atom. The van der Waals surface area contributed by atoms with Crippen molar-refractivity contribution >= 4 is 11.7 Å². The lowest BCUT2D eigenvalue weighted by Crippen LogP contribution is -2.31. The van der Waals surface area contributed by atoms with E-state index in [1.54, 1.807) is 6.20 Å². The van der Waals surface area contributed by atoms with Crippen LogP contribution in [0.4, 0.5) is 5.82 Å². The van der Waals surface area contributed by atoms with Gasteiger partial charge in [0.25, 0.3) is 0 Å². The number of anilines is 1. The van der Waals surface area contributed by atoms with Crippen molar-refractivity contribution in [3.63, 3.8) is 0 Å². The molecule has 1 aliphatic rings. The molecule has 0 saturated carbocycles. The molecule has 0 bridgehead atoms. The second-order valence-electron chi connectivity index (χ2n) is 8.23. The Kier molecular flexibility index (Phi) is 6.15. The molecule has 0 aliphatic carbocycles. The normalized spacial score (nSPS) is 12.9. The van der Waals surface area contributed by atoms with E-state index in [4.69, 9.17) is 4.42 Å². The number of amides is 1. The fraction of sp³-hybridized carbons (Fsp3) is 0.222. The molecule has 0 atom stereocenters. The molecule has 166 valence electrons. The number of hydrogen-bond acceptors (Lipinski definition) is 5. The lowest BCUT2D eigenvalue weighted by Gasteiger charge is -2.29. The zero-order valence-electron chi connectivity index (χ0n) is 18.4. The number of nitrogens with one attached hydrogen (secondary N) is 1. The van der Waals surface area contributed by atoms with Gasteiger partial charge in [0.15, 0.2) is 11.7 Å². The van der Waals surface area contributed by atoms with E-state index in [1.165, 1.54) is 11.1 Å². The summed E-state index contributed by atoms with van der Waals surface area (Å²) in [6, 6.07) is 22.5. The summed E-state index contributed by atoms with van der Waals surface area (Å²) in [7, 11) is 0. The van der Waals surface area contributed by atoms with E-state index < -0.39 is 0 Å². The Hall–Kier alpha value is -3.93. The molecular formula is C27H26N4O2. The minimum Gasteiger partial charge on any atom is -0.441 e. The first-order valence-electron chi connectivity index (χ1n) is 11.3. The third-order valence-electron chi connectivity index (χ3n) is 5.93. The lowest BCUT2D eigenvalue weighted by atomic mass is 10.00. The van der Waals surface area contributed by atoms with Gasteiger partial charge in [-0.25, -0.2) is 9.97 Å². The summed E-state index contributed by atoms with van der Waals surface area (Å²) >= 11 is 0. The molecule has 33 heavy (non-hydrogen) atoms. The highest BCUT2D eigenvalue weighted by Crippen LogP contribution is 2.23. The average molecular weight is 439 g/mol. The van der Waals surface area contributed by atoms with E-state index in [1.807, 2.05) is 48.7 Å². The number of carbonyl (C=O) groups is 1. The van der Waals surface area contributed by atoms with Crippen molar-refractivity contribution < 1.29 is 9.21 Å². The van der Waals surface area contributed by atoms with E-state index in [0.29, 0.717) is 25.3 Å². The Morgan fingerprint density at radius 1 is 0.939 bits per heavy atom. The maximum absolute atomic E-state index is 12.3. The van der Waals surface area contributed by atoms with Crippen molar-refractivity contribution in [3.8, 4) is 11.3 Å². The number of benzene rings is 2. The highest BCUT2D eigenvalue weighted by molar-refractivity contribution is 5.76. The van der Waals surface area contributed by atoms with Gasteiger partial charge in [0.2, 0.25) is 5.91 Å². The zero-order chi connectivity index (χ0) is 22.5. The first-order valence-corrected chi connectivity index (χ1v) is 11.3. The van der Waals surface area contributed by atoms with Gasteiger partial charge in [0.1, 0.15) is 5.82 Å². The van der Waals surface area contributed by atoms with Gasteiger partial charge in [-0.3, -0.25) is 4.79 Å². The number of aryl methyl sites for hydroxylation is 1. The van der Waals surface area contributed by atoms with Crippen LogP contribution in [0.15, 0.2) is 83.5 Å². The number of aromatic nitrogens is 2. The van der Waals surface area contributed by atoms with Crippen molar-refractivity contribution in [1.29, 1.82) is 0 Å². The SMILES string of the molecule is O=C(CCc1ncc(-c2ccccc2)o1)NCc1ccc(N2CCc3ccccc3C2)nc1. The van der Waals surface area contributed by atoms with Crippen molar-refractivity contribution in [2.45, 2.75) is 32.4 Å². The molecular weight excluding hydrogens is 412 g/mol. The molecule has 0 fully saturated rings. The van der Waals surface area contributed by atoms with Gasteiger partial charge in [-0.2, -0.15) is 0 Å². The van der Waals surface area contributed by atoms with Crippen LogP contribution in [0, 0.1) is 0 Å². The van der Waals surface area contributed by atoms with E-state index in [0.717, 1.165) is 42.2 Å². The molecule has 0 unspecified atom stereocenters. The molecule has 2 aromatic heterocycles. The number of oxazole rings is 1. The summed E-state index contributed by atoms with van der Waals surface area (Å²) in [4.78, 5) is 23.5. The van der Waals surface area contributed by atoms with E-state index >= 15 is 0 Å². The minimum atomic E-state index is -0.0359. The number of pyridine rings is 1. The van der Waals surface area contributed by atoms with Crippen molar-refractivity contribution in [1.82, 2.24) is 15.3 Å². The van der Waals surface area contributed by atoms with Crippen LogP contribution in [0.1, 0.15) is 29.0 Å². The smallest absolute Gasteiger partial charge is 0.220 e. The topological polar surface area (TPSA) is 71.3 Å². The first kappa shape index (κ1) is 20.9. The second-order valence-corrected chi connectivity index (χ2v) is 8.23. The van der Waals surface area contributed by atoms with E-state index in [-0.39, 0.29) is 5.91 Å². The van der Waals surface area contributed by atoms with Crippen LogP contribution in [-0.4, -0.2) is 22.4 Å². The van der Waals surface area contributed by atoms with Crippen LogP contribution in [0.5, 0.6) is 0 Å². The summed E-state index contributed by atoms with van der Waals surface area (Å²) in [6.07, 6.45) is 5.37. The molecule has 1 amide bonds. The molecule has 0 spiro atoms. The van der Waals surface area contributed by atoms with Gasteiger partial charge >= 0.3 is 0 Å². The monoisotopic (exact) mass is 438 g/mol. The van der Waals surface area contributed by atoms with Gasteiger partial charge in [-0.15, -0.1) is 0 Å². The minimum absolute atomic E-state index is 0.0359. The summed E-state index contributed by atoms with van der Waals surface area (Å²) in [5.74, 6) is 2.22. The molecule has 6 nitrogen and oxygen atoms in total. The van der Waals surface area contributed by atoms with Gasteiger partial charge in [0, 0.05) is 44.2 Å². The van der Waals surface area contributed by atoms with Crippen molar-refractivity contribution in [3.05, 3.63) is 102 Å². The quantitative estimate of drug-likeness (QED) is 0.458. The number of fused-ring (bicyclic) bond motifs is 1. The van der Waals surface area contributed by atoms with Gasteiger partial charge in [0.05, 0.1) is 6.20 Å². The highest BCUT2D eigenvalue weighted by Gasteiger charge is 2.17. The van der Waals surface area contributed by atoms with Crippen LogP contribution in [-0.2, 0) is 30.7 Å². The first-order chi connectivity index (χ1) is 16.2. The third kappa shape index (κ3) is 5.12. The largest absolute Gasteiger partial charge is 0.441 e. The molecule has 0 saturated heterocycles. The number of nitrogens with zero attached hydrogens (tertiary/aromatic N) is 3. The predicted octanol–water partition coefficient (Wildman–Crippen LogP) is 4.55. The Bertz CT molecular complexity index is 1220. The Morgan fingerprint density at radius 3 is 2.58 bits per heavy atom. The standard InChI is InChI=1S/C27H26N4O2/c32-26(12-13-27-30-18-24(33-27)22-7-2-1-3-8-22)29-17-20-10-11-25(28-16-20)31-15-14-21-6-4-5-9-23(21)19-31/h1-11,16,18H,12-15,17,19H2,(H,29,32). The Balaban J connectivity index is 1.09. The molecule has 1 aliphatic heterocycles. The third-order valence-corrected chi connectivity index (χ3v) is 5.93. The van der Waals surface area contributed by atoms with Crippen LogP contribution in [0.25, 0.3) is 11.3 Å². The molecule has 0 radical (unpaired) electrons. The number of rotatable bonds is 7. The van der Waals surface area contributed by atoms with Crippen LogP contribution in [0.3, 0.4) is 0 Å². The summed E-state index contributed by atoms with van der Waals surface area (Å²) in [6.45, 7) is 2.30. The molecule has 4 aromatic rings. The van der Waals surface area contributed by atoms with Gasteiger partial charge in [-0.1, -0.05) is 60.7 Å². The predicted molar refractivity (Wildman–Crippen MR) is 128 cm³/mol. The highest BCUT2D eigenvalue weighted by atomic mass is 16.4. The molecule has 3 heterocycles. The molecule has 6 heteroatoms. The van der Waals surface area contributed by atoms with Gasteiger partial charge < -0.3 is 14.6 Å². The fourth-order valence-electron chi connectivity index (χ4n) is 4.07. The van der Waals surface area contributed by atoms with Crippen LogP contribution < -0.4 is 10.2 Å². The summed E-state index contributed by atoms with van der Waals surface area (Å²) < 4.78 is 5.77. The zero-order valence-corrected chi connectivity index (χ0v) is 18.4. The average Bonchev–Trinajstić information content (AvgIpc) is 3.36. The van der Waals surface area contributed by atoms with Crippen molar-refractivity contribution in [2.24, 2.45) is 0 Å². The maximum Gasteiger partial charge on any atom is 0.220 e. The summed E-state index contributed by atoms with van der Waals surface area (Å²) in [5.41, 5.74) is 4.75. The fourth-order valence-corrected chi connectivity index (χ4v) is 4.07. The van der Waals surface area contributed by atoms with Crippen LogP contribution >= 0.6 is 0 Å². The number of hydrogen-bond donors (Lipinski definition) is 1. The molecule has 5 rings (SSSR count). The Labute approximate surface area is 193 Å². The van der Waals surface area contributed by atoms with E-state index in [9.17, 15) is 4.79 Å². The number of carbonyl (C=O) groups excluding carboxylic acids is 1. The maximum atomic E-state index is 12.3.